The highest BCUT2D eigenvalue weighted by Crippen LogP contribution is 2.17. The molecule has 0 radical (unpaired) electrons. The van der Waals surface area contributed by atoms with E-state index in [1.54, 1.807) is 0 Å². The first-order valence-electron chi connectivity index (χ1n) is 34.0. The first-order chi connectivity index (χ1) is 37.1. The van der Waals surface area contributed by atoms with Crippen LogP contribution in [0.3, 0.4) is 0 Å². The molecule has 0 atom stereocenters. The minimum Gasteiger partial charge on any atom is -0.481 e. The van der Waals surface area contributed by atoms with Gasteiger partial charge in [0.1, 0.15) is 0 Å². The van der Waals surface area contributed by atoms with Gasteiger partial charge in [-0.2, -0.15) is 0 Å². The molecule has 0 spiro atoms. The second kappa shape index (κ2) is 77.1. The number of carboxylic acids is 4. The number of rotatable bonds is 60. The smallest absolute Gasteiger partial charge is 0.303 e. The van der Waals surface area contributed by atoms with Gasteiger partial charge in [0.15, 0.2) is 0 Å². The third-order valence-corrected chi connectivity index (χ3v) is 15.0. The third-order valence-electron chi connectivity index (χ3n) is 15.0. The monoisotopic (exact) mass is 1080 g/mol. The maximum Gasteiger partial charge on any atom is 0.303 e. The van der Waals surface area contributed by atoms with E-state index in [0.29, 0.717) is 25.7 Å². The van der Waals surface area contributed by atoms with E-state index in [1.807, 2.05) is 0 Å². The first kappa shape index (κ1) is 80.4. The lowest BCUT2D eigenvalue weighted by molar-refractivity contribution is -0.138. The number of carboxylic acid groups (broad SMARTS) is 4. The Morgan fingerprint density at radius 3 is 0.316 bits per heavy atom. The molecule has 0 aliphatic rings. The molecule has 0 aliphatic heterocycles. The number of aliphatic carboxylic acids is 4. The summed E-state index contributed by atoms with van der Waals surface area (Å²) in [7, 11) is 0. The van der Waals surface area contributed by atoms with Gasteiger partial charge in [-0.05, 0) is 25.7 Å². The van der Waals surface area contributed by atoms with Crippen molar-refractivity contribution in [2.45, 2.75) is 413 Å². The zero-order chi connectivity index (χ0) is 56.7. The van der Waals surface area contributed by atoms with Crippen LogP contribution >= 0.6 is 0 Å². The van der Waals surface area contributed by atoms with E-state index in [1.165, 1.54) is 308 Å². The molecule has 0 saturated carbocycles. The molecule has 0 heterocycles. The van der Waals surface area contributed by atoms with Crippen LogP contribution in [0.1, 0.15) is 413 Å². The Morgan fingerprint density at radius 1 is 0.158 bits per heavy atom. The Kier molecular flexibility index (Phi) is 81.5. The maximum absolute atomic E-state index is 10.4. The Labute approximate surface area is 474 Å². The highest BCUT2D eigenvalue weighted by atomic mass is 16.4. The average Bonchev–Trinajstić information content (AvgIpc) is 3.39. The predicted molar refractivity (Wildman–Crippen MR) is 330 cm³/mol. The molecule has 0 aliphatic carbocycles. The molecule has 0 saturated heterocycles. The van der Waals surface area contributed by atoms with Crippen LogP contribution in [-0.4, -0.2) is 44.3 Å². The first-order valence-corrected chi connectivity index (χ1v) is 34.0. The molecule has 0 rings (SSSR count). The Hall–Kier alpha value is -2.12. The fourth-order valence-electron chi connectivity index (χ4n) is 9.88. The van der Waals surface area contributed by atoms with Gasteiger partial charge >= 0.3 is 23.9 Å². The minimum absolute atomic E-state index is 0.344. The summed E-state index contributed by atoms with van der Waals surface area (Å²) in [6.07, 6.45) is 75.0. The second-order valence-electron chi connectivity index (χ2n) is 23.0. The third kappa shape index (κ3) is 94.3. The Morgan fingerprint density at radius 2 is 0.237 bits per heavy atom. The molecule has 0 fully saturated rings. The summed E-state index contributed by atoms with van der Waals surface area (Å²) >= 11 is 0. The molecule has 0 aromatic heterocycles. The van der Waals surface area contributed by atoms with Crippen LogP contribution in [0.5, 0.6) is 0 Å². The molecule has 8 heteroatoms. The van der Waals surface area contributed by atoms with Crippen molar-refractivity contribution in [3.8, 4) is 0 Å². The van der Waals surface area contributed by atoms with Crippen molar-refractivity contribution in [1.29, 1.82) is 0 Å². The summed E-state index contributed by atoms with van der Waals surface area (Å²) in [5.74, 6) is -2.62. The summed E-state index contributed by atoms with van der Waals surface area (Å²) in [4.78, 5) is 41.3. The number of hydrogen-bond acceptors (Lipinski definition) is 4. The van der Waals surface area contributed by atoms with E-state index in [4.69, 9.17) is 20.4 Å². The van der Waals surface area contributed by atoms with Gasteiger partial charge in [0.05, 0.1) is 0 Å². The Balaban J connectivity index is -0.000000458. The molecule has 0 aromatic rings. The van der Waals surface area contributed by atoms with Crippen molar-refractivity contribution in [2.24, 2.45) is 0 Å². The van der Waals surface area contributed by atoms with Crippen LogP contribution in [0.4, 0.5) is 0 Å². The lowest BCUT2D eigenvalue weighted by Crippen LogP contribution is -1.93. The molecule has 0 unspecified atom stereocenters. The second-order valence-corrected chi connectivity index (χ2v) is 23.0. The lowest BCUT2D eigenvalue weighted by atomic mass is 10.0. The molecule has 0 bridgehead atoms. The van der Waals surface area contributed by atoms with Crippen molar-refractivity contribution in [3.63, 3.8) is 0 Å². The fourth-order valence-corrected chi connectivity index (χ4v) is 9.88. The molecule has 4 N–H and O–H groups in total. The van der Waals surface area contributed by atoms with Crippen molar-refractivity contribution >= 4 is 23.9 Å². The van der Waals surface area contributed by atoms with E-state index >= 15 is 0 Å². The Bertz CT molecular complexity index is 1090. The normalized spacial score (nSPS) is 10.8. The summed E-state index contributed by atoms with van der Waals surface area (Å²) in [5, 5.41) is 34.0. The van der Waals surface area contributed by atoms with E-state index in [2.05, 4.69) is 27.7 Å². The maximum atomic E-state index is 10.4. The van der Waals surface area contributed by atoms with Crippen LogP contribution in [0.25, 0.3) is 0 Å². The van der Waals surface area contributed by atoms with Gasteiger partial charge in [-0.15, -0.1) is 0 Å². The summed E-state index contributed by atoms with van der Waals surface area (Å²) in [6, 6.07) is 0. The highest BCUT2D eigenvalue weighted by molar-refractivity contribution is 5.67. The van der Waals surface area contributed by atoms with Gasteiger partial charge in [-0.1, -0.05) is 362 Å². The van der Waals surface area contributed by atoms with Crippen LogP contribution < -0.4 is 0 Å². The molecule has 0 amide bonds. The molecule has 8 nitrogen and oxygen atoms in total. The van der Waals surface area contributed by atoms with Crippen molar-refractivity contribution in [1.82, 2.24) is 0 Å². The van der Waals surface area contributed by atoms with Gasteiger partial charge in [0.25, 0.3) is 0 Å². The van der Waals surface area contributed by atoms with E-state index in [0.717, 1.165) is 51.4 Å². The number of unbranched alkanes of at least 4 members (excludes halogenated alkanes) is 52. The van der Waals surface area contributed by atoms with Gasteiger partial charge < -0.3 is 20.4 Å². The summed E-state index contributed by atoms with van der Waals surface area (Å²) < 4.78 is 0. The van der Waals surface area contributed by atoms with Crippen LogP contribution in [0.2, 0.25) is 0 Å². The topological polar surface area (TPSA) is 149 Å². The molecule has 0 aromatic carbocycles. The molecular weight excluding hydrogens is 945 g/mol. The van der Waals surface area contributed by atoms with Crippen LogP contribution in [-0.2, 0) is 19.2 Å². The number of carbonyl (C=O) groups is 4. The zero-order valence-corrected chi connectivity index (χ0v) is 51.8. The zero-order valence-electron chi connectivity index (χ0n) is 51.8. The van der Waals surface area contributed by atoms with E-state index in [9.17, 15) is 19.2 Å². The quantitative estimate of drug-likeness (QED) is 0.0440. The summed E-state index contributed by atoms with van der Waals surface area (Å²) in [5.41, 5.74) is 0. The predicted octanol–water partition coefficient (Wildman–Crippen LogP) is 23.8. The molecular formula is C68H136O8. The average molecular weight is 1080 g/mol. The van der Waals surface area contributed by atoms with Gasteiger partial charge in [0.2, 0.25) is 0 Å². The lowest BCUT2D eigenvalue weighted by Gasteiger charge is -2.03. The van der Waals surface area contributed by atoms with Crippen LogP contribution in [0.15, 0.2) is 0 Å². The minimum atomic E-state index is -0.657. The summed E-state index contributed by atoms with van der Waals surface area (Å²) in [6.45, 7) is 9.05. The van der Waals surface area contributed by atoms with Crippen molar-refractivity contribution < 1.29 is 39.6 Å². The highest BCUT2D eigenvalue weighted by Gasteiger charge is 2.01. The number of hydrogen-bond donors (Lipinski definition) is 4. The molecule has 456 valence electrons. The largest absolute Gasteiger partial charge is 0.481 e. The van der Waals surface area contributed by atoms with E-state index in [-0.39, 0.29) is 0 Å². The van der Waals surface area contributed by atoms with Gasteiger partial charge in [-0.3, -0.25) is 19.2 Å². The van der Waals surface area contributed by atoms with E-state index < -0.39 is 23.9 Å². The SMILES string of the molecule is CCCCCCCCCCCCCC(=O)O.CCCCCCCCCCCCCCCC(=O)O.CCCCCCCCCCCCCCCCCC(=O)O.CCCCCCCCCCCCCCCCCCCC(=O)O. The fraction of sp³-hybridized carbons (Fsp3) is 0.941. The standard InChI is InChI=1S/C20H40O2.C18H36O2.C16H32O2.C14H28O2/c1-2-3-4-5-6-7-8-9-10-11-12-13-14-15-16-17-18-19-20(21)22;1-2-3-4-5-6-7-8-9-10-11-12-13-14-15-16-17-18(19)20;1-2-3-4-5-6-7-8-9-10-11-12-13-14-15-16(17)18;1-2-3-4-5-6-7-8-9-10-11-12-13-14(15)16/h2-19H2,1H3,(H,21,22);2-17H2,1H3,(H,19,20);2-15H2,1H3,(H,17,18);2-13H2,1H3,(H,15,16). The van der Waals surface area contributed by atoms with Gasteiger partial charge in [0, 0.05) is 25.7 Å². The molecule has 76 heavy (non-hydrogen) atoms. The van der Waals surface area contributed by atoms with Crippen molar-refractivity contribution in [3.05, 3.63) is 0 Å². The van der Waals surface area contributed by atoms with Gasteiger partial charge in [-0.25, -0.2) is 0 Å². The van der Waals surface area contributed by atoms with Crippen molar-refractivity contribution in [2.75, 3.05) is 0 Å². The van der Waals surface area contributed by atoms with Crippen LogP contribution in [0, 0.1) is 0 Å².